The Morgan fingerprint density at radius 2 is 2.19 bits per heavy atom. The predicted molar refractivity (Wildman–Crippen MR) is 113 cm³/mol. The largest absolute Gasteiger partial charge is 0.383 e. The maximum absolute atomic E-state index is 6.13. The summed E-state index contributed by atoms with van der Waals surface area (Å²) in [5, 5.41) is 8.96. The van der Waals surface area contributed by atoms with Crippen LogP contribution in [-0.2, 0) is 11.2 Å². The fourth-order valence-electron chi connectivity index (χ4n) is 3.58. The van der Waals surface area contributed by atoms with Gasteiger partial charge in [0.1, 0.15) is 0 Å². The predicted octanol–water partition coefficient (Wildman–Crippen LogP) is 2.64. The van der Waals surface area contributed by atoms with Gasteiger partial charge < -0.3 is 25.3 Å². The van der Waals surface area contributed by atoms with E-state index in [9.17, 15) is 0 Å². The summed E-state index contributed by atoms with van der Waals surface area (Å²) in [5.74, 6) is 0.878. The van der Waals surface area contributed by atoms with Crippen LogP contribution >= 0.6 is 11.6 Å². The minimum atomic E-state index is 0.474. The van der Waals surface area contributed by atoms with Crippen LogP contribution in [0, 0.1) is 0 Å². The zero-order valence-electron chi connectivity index (χ0n) is 16.2. The minimum absolute atomic E-state index is 0.474. The van der Waals surface area contributed by atoms with E-state index in [2.05, 4.69) is 31.7 Å². The van der Waals surface area contributed by atoms with E-state index in [1.165, 1.54) is 10.9 Å². The molecule has 1 aliphatic heterocycles. The lowest BCUT2D eigenvalue weighted by molar-refractivity contribution is 0.128. The normalized spacial score (nSPS) is 16.8. The van der Waals surface area contributed by atoms with Crippen molar-refractivity contribution in [2.75, 3.05) is 46.9 Å². The number of hydrogen-bond acceptors (Lipinski definition) is 3. The Kier molecular flexibility index (Phi) is 7.38. The van der Waals surface area contributed by atoms with Crippen molar-refractivity contribution in [1.82, 2.24) is 20.5 Å². The zero-order chi connectivity index (χ0) is 19.1. The lowest BCUT2D eigenvalue weighted by Crippen LogP contribution is -2.49. The molecule has 1 fully saturated rings. The molecule has 0 aliphatic carbocycles. The van der Waals surface area contributed by atoms with Crippen LogP contribution < -0.4 is 10.6 Å². The number of benzene rings is 1. The minimum Gasteiger partial charge on any atom is -0.383 e. The molecule has 0 saturated carbocycles. The van der Waals surface area contributed by atoms with Crippen molar-refractivity contribution >= 4 is 28.5 Å². The summed E-state index contributed by atoms with van der Waals surface area (Å²) in [6.45, 7) is 4.86. The average molecular weight is 392 g/mol. The molecule has 7 heteroatoms. The number of methoxy groups -OCH3 is 1. The molecule has 0 atom stereocenters. The van der Waals surface area contributed by atoms with Gasteiger partial charge in [0.15, 0.2) is 5.96 Å². The third kappa shape index (κ3) is 5.61. The average Bonchev–Trinajstić information content (AvgIpc) is 3.08. The Balaban J connectivity index is 1.44. The van der Waals surface area contributed by atoms with Crippen LogP contribution in [0.3, 0.4) is 0 Å². The topological polar surface area (TPSA) is 64.7 Å². The number of fused-ring (bicyclic) bond motifs is 1. The molecule has 0 bridgehead atoms. The van der Waals surface area contributed by atoms with E-state index in [0.29, 0.717) is 6.04 Å². The second-order valence-electron chi connectivity index (χ2n) is 7.01. The lowest BCUT2D eigenvalue weighted by Gasteiger charge is -2.32. The number of aliphatic imine (C=N–C) groups is 1. The summed E-state index contributed by atoms with van der Waals surface area (Å²) in [6, 6.07) is 6.43. The Morgan fingerprint density at radius 1 is 1.37 bits per heavy atom. The fraction of sp³-hybridized carbons (Fsp3) is 0.550. The van der Waals surface area contributed by atoms with Crippen LogP contribution in [0.4, 0.5) is 0 Å². The van der Waals surface area contributed by atoms with Gasteiger partial charge in [0, 0.05) is 68.5 Å². The Hall–Kier alpha value is -1.76. The molecule has 1 aromatic heterocycles. The molecule has 1 aliphatic rings. The number of aromatic amines is 1. The van der Waals surface area contributed by atoms with Crippen LogP contribution in [-0.4, -0.2) is 68.8 Å². The molecule has 1 saturated heterocycles. The van der Waals surface area contributed by atoms with Crippen molar-refractivity contribution < 1.29 is 4.74 Å². The maximum Gasteiger partial charge on any atom is 0.191 e. The van der Waals surface area contributed by atoms with Gasteiger partial charge >= 0.3 is 0 Å². The Morgan fingerprint density at radius 3 is 2.93 bits per heavy atom. The standard InChI is InChI=1S/C20H30ClN5O/c1-22-20(25-17-6-9-26(10-7-17)11-12-27-2)23-8-5-15-14-24-19-4-3-16(21)13-18(15)19/h3-4,13-14,17,24H,5-12H2,1-2H3,(H2,22,23,25). The van der Waals surface area contributed by atoms with E-state index in [1.807, 2.05) is 25.2 Å². The first-order valence-corrected chi connectivity index (χ1v) is 10.0. The summed E-state index contributed by atoms with van der Waals surface area (Å²) in [6.07, 6.45) is 5.24. The van der Waals surface area contributed by atoms with Gasteiger partial charge in [0.05, 0.1) is 6.61 Å². The first kappa shape index (κ1) is 20.0. The number of ether oxygens (including phenoxy) is 1. The SMILES string of the molecule is CN=C(NCCc1c[nH]c2ccc(Cl)cc12)NC1CCN(CCOC)CC1. The first-order valence-electron chi connectivity index (χ1n) is 9.63. The summed E-state index contributed by atoms with van der Waals surface area (Å²) in [4.78, 5) is 10.1. The highest BCUT2D eigenvalue weighted by Gasteiger charge is 2.19. The molecule has 3 rings (SSSR count). The fourth-order valence-corrected chi connectivity index (χ4v) is 3.75. The highest BCUT2D eigenvalue weighted by Crippen LogP contribution is 2.22. The number of aromatic nitrogens is 1. The van der Waals surface area contributed by atoms with Crippen LogP contribution in [0.2, 0.25) is 5.02 Å². The molecule has 1 aromatic carbocycles. The first-order chi connectivity index (χ1) is 13.2. The summed E-state index contributed by atoms with van der Waals surface area (Å²) in [7, 11) is 3.59. The van der Waals surface area contributed by atoms with Gasteiger partial charge in [0.2, 0.25) is 0 Å². The Bertz CT molecular complexity index is 752. The molecule has 148 valence electrons. The quantitative estimate of drug-likeness (QED) is 0.501. The van der Waals surface area contributed by atoms with Crippen molar-refractivity contribution in [3.63, 3.8) is 0 Å². The molecule has 0 amide bonds. The summed E-state index contributed by atoms with van der Waals surface area (Å²) in [5.41, 5.74) is 2.39. The van der Waals surface area contributed by atoms with Crippen molar-refractivity contribution in [1.29, 1.82) is 0 Å². The zero-order valence-corrected chi connectivity index (χ0v) is 17.0. The van der Waals surface area contributed by atoms with Gasteiger partial charge in [-0.1, -0.05) is 11.6 Å². The molecule has 0 radical (unpaired) electrons. The number of guanidine groups is 1. The summed E-state index contributed by atoms with van der Waals surface area (Å²) < 4.78 is 5.17. The monoisotopic (exact) mass is 391 g/mol. The van der Waals surface area contributed by atoms with Crippen LogP contribution in [0.1, 0.15) is 18.4 Å². The number of piperidine rings is 1. The third-order valence-electron chi connectivity index (χ3n) is 5.18. The highest BCUT2D eigenvalue weighted by atomic mass is 35.5. The second kappa shape index (κ2) is 9.97. The molecular weight excluding hydrogens is 362 g/mol. The van der Waals surface area contributed by atoms with E-state index in [-0.39, 0.29) is 0 Å². The Labute approximate surface area is 166 Å². The van der Waals surface area contributed by atoms with E-state index >= 15 is 0 Å². The van der Waals surface area contributed by atoms with Gasteiger partial charge in [-0.2, -0.15) is 0 Å². The van der Waals surface area contributed by atoms with Gasteiger partial charge in [0.25, 0.3) is 0 Å². The molecule has 6 nitrogen and oxygen atoms in total. The van der Waals surface area contributed by atoms with Gasteiger partial charge in [-0.05, 0) is 43.0 Å². The molecule has 2 aromatic rings. The van der Waals surface area contributed by atoms with E-state index in [0.717, 1.165) is 68.5 Å². The number of likely N-dealkylation sites (tertiary alicyclic amines) is 1. The van der Waals surface area contributed by atoms with Crippen molar-refractivity contribution in [3.05, 3.63) is 35.0 Å². The molecular formula is C20H30ClN5O. The summed E-state index contributed by atoms with van der Waals surface area (Å²) >= 11 is 6.13. The number of H-pyrrole nitrogens is 1. The van der Waals surface area contributed by atoms with E-state index in [1.54, 1.807) is 7.11 Å². The van der Waals surface area contributed by atoms with Crippen LogP contribution in [0.25, 0.3) is 10.9 Å². The number of halogens is 1. The maximum atomic E-state index is 6.13. The van der Waals surface area contributed by atoms with Gasteiger partial charge in [-0.3, -0.25) is 4.99 Å². The molecule has 3 N–H and O–H groups in total. The number of nitrogens with zero attached hydrogens (tertiary/aromatic N) is 2. The van der Waals surface area contributed by atoms with Crippen LogP contribution in [0.15, 0.2) is 29.4 Å². The lowest BCUT2D eigenvalue weighted by atomic mass is 10.1. The van der Waals surface area contributed by atoms with Crippen molar-refractivity contribution in [2.24, 2.45) is 4.99 Å². The molecule has 27 heavy (non-hydrogen) atoms. The second-order valence-corrected chi connectivity index (χ2v) is 7.44. The third-order valence-corrected chi connectivity index (χ3v) is 5.42. The number of nitrogens with one attached hydrogen (secondary N) is 3. The number of rotatable bonds is 7. The van der Waals surface area contributed by atoms with E-state index in [4.69, 9.17) is 16.3 Å². The van der Waals surface area contributed by atoms with Gasteiger partial charge in [-0.25, -0.2) is 0 Å². The number of hydrogen-bond donors (Lipinski definition) is 3. The molecule has 0 spiro atoms. The molecule has 2 heterocycles. The van der Waals surface area contributed by atoms with Crippen molar-refractivity contribution in [3.8, 4) is 0 Å². The smallest absolute Gasteiger partial charge is 0.191 e. The van der Waals surface area contributed by atoms with Crippen LogP contribution in [0.5, 0.6) is 0 Å². The highest BCUT2D eigenvalue weighted by molar-refractivity contribution is 6.31. The molecule has 0 unspecified atom stereocenters. The van der Waals surface area contributed by atoms with Gasteiger partial charge in [-0.15, -0.1) is 0 Å². The van der Waals surface area contributed by atoms with Crippen molar-refractivity contribution in [2.45, 2.75) is 25.3 Å². The van der Waals surface area contributed by atoms with E-state index < -0.39 is 0 Å².